The summed E-state index contributed by atoms with van der Waals surface area (Å²) in [5, 5.41) is 2.16. The molecule has 0 radical (unpaired) electrons. The van der Waals surface area contributed by atoms with E-state index >= 15 is 0 Å². The highest BCUT2D eigenvalue weighted by Gasteiger charge is 2.06. The van der Waals surface area contributed by atoms with Gasteiger partial charge in [0, 0.05) is 9.70 Å². The van der Waals surface area contributed by atoms with Crippen LogP contribution in [0.4, 0.5) is 0 Å². The topological polar surface area (TPSA) is 0 Å². The van der Waals surface area contributed by atoms with Gasteiger partial charge in [-0.3, -0.25) is 0 Å². The average Bonchev–Trinajstić information content (AvgIpc) is 2.51. The Bertz CT molecular complexity index is 216. The van der Waals surface area contributed by atoms with Gasteiger partial charge in [0.25, 0.3) is 0 Å². The zero-order chi connectivity index (χ0) is 9.68. The lowest BCUT2D eigenvalue weighted by molar-refractivity contribution is 0.496. The summed E-state index contributed by atoms with van der Waals surface area (Å²) in [4.78, 5) is 2.18. The lowest BCUT2D eigenvalue weighted by atomic mass is 10.00. The predicted octanol–water partition coefficient (Wildman–Crippen LogP) is 4.49. The van der Waals surface area contributed by atoms with Gasteiger partial charge in [0.1, 0.15) is 0 Å². The summed E-state index contributed by atoms with van der Waals surface area (Å²) in [5.41, 5.74) is 0. The smallest absolute Gasteiger partial charge is 0.0120 e. The summed E-state index contributed by atoms with van der Waals surface area (Å²) < 4.78 is 0. The predicted molar refractivity (Wildman–Crippen MR) is 64.8 cm³/mol. The van der Waals surface area contributed by atoms with Crippen LogP contribution in [0.5, 0.6) is 0 Å². The first kappa shape index (κ1) is 11.3. The van der Waals surface area contributed by atoms with Gasteiger partial charge in [-0.05, 0) is 36.6 Å². The summed E-state index contributed by atoms with van der Waals surface area (Å²) in [7, 11) is 0. The highest BCUT2D eigenvalue weighted by atomic mass is 79.9. The molecular formula is C11H17BrS. The number of halogens is 1. The van der Waals surface area contributed by atoms with E-state index < -0.39 is 0 Å². The maximum atomic E-state index is 3.60. The molecule has 2 unspecified atom stereocenters. The lowest BCUT2D eigenvalue weighted by Gasteiger charge is -2.11. The standard InChI is InChI=1S/C11H17BrS/c1-9(8-10(2)12)5-6-11-4-3-7-13-11/h3-4,7,9-10H,5-6,8H2,1-2H3. The summed E-state index contributed by atoms with van der Waals surface area (Å²) >= 11 is 5.47. The van der Waals surface area contributed by atoms with Crippen molar-refractivity contribution in [2.75, 3.05) is 0 Å². The molecule has 0 N–H and O–H groups in total. The Balaban J connectivity index is 2.19. The van der Waals surface area contributed by atoms with Crippen molar-refractivity contribution < 1.29 is 0 Å². The molecule has 0 aliphatic rings. The van der Waals surface area contributed by atoms with Crippen molar-refractivity contribution in [2.24, 2.45) is 5.92 Å². The van der Waals surface area contributed by atoms with Gasteiger partial charge in [0.15, 0.2) is 0 Å². The normalized spacial score (nSPS) is 15.6. The molecule has 1 heterocycles. The highest BCUT2D eigenvalue weighted by molar-refractivity contribution is 9.09. The monoisotopic (exact) mass is 260 g/mol. The van der Waals surface area contributed by atoms with Gasteiger partial charge in [0.2, 0.25) is 0 Å². The van der Waals surface area contributed by atoms with E-state index in [1.807, 2.05) is 11.3 Å². The molecule has 2 heteroatoms. The first-order valence-corrected chi connectivity index (χ1v) is 6.64. The van der Waals surface area contributed by atoms with E-state index in [1.165, 1.54) is 24.1 Å². The molecule has 0 fully saturated rings. The van der Waals surface area contributed by atoms with Crippen LogP contribution in [0.25, 0.3) is 0 Å². The third kappa shape index (κ3) is 4.82. The summed E-state index contributed by atoms with van der Waals surface area (Å²) in [5.74, 6) is 0.830. The molecule has 0 aromatic carbocycles. The second-order valence-electron chi connectivity index (χ2n) is 3.74. The zero-order valence-corrected chi connectivity index (χ0v) is 10.7. The summed E-state index contributed by atoms with van der Waals surface area (Å²) in [6.07, 6.45) is 3.85. The van der Waals surface area contributed by atoms with Crippen molar-refractivity contribution in [3.8, 4) is 0 Å². The highest BCUT2D eigenvalue weighted by Crippen LogP contribution is 2.19. The molecular weight excluding hydrogens is 244 g/mol. The molecule has 0 spiro atoms. The Kier molecular flexibility index (Phi) is 5.04. The molecule has 1 aromatic heterocycles. The lowest BCUT2D eigenvalue weighted by Crippen LogP contribution is -2.02. The average molecular weight is 261 g/mol. The van der Waals surface area contributed by atoms with E-state index in [-0.39, 0.29) is 0 Å². The van der Waals surface area contributed by atoms with Crippen molar-refractivity contribution in [2.45, 2.75) is 37.9 Å². The first-order chi connectivity index (χ1) is 6.18. The Morgan fingerprint density at radius 2 is 2.23 bits per heavy atom. The summed E-state index contributed by atoms with van der Waals surface area (Å²) in [6, 6.07) is 4.37. The maximum absolute atomic E-state index is 3.60. The minimum atomic E-state index is 0.658. The summed E-state index contributed by atoms with van der Waals surface area (Å²) in [6.45, 7) is 4.56. The Morgan fingerprint density at radius 3 is 2.77 bits per heavy atom. The molecule has 1 aromatic rings. The van der Waals surface area contributed by atoms with E-state index in [0.717, 1.165) is 5.92 Å². The SMILES string of the molecule is CC(Br)CC(C)CCc1cccs1. The number of hydrogen-bond donors (Lipinski definition) is 0. The van der Waals surface area contributed by atoms with Gasteiger partial charge >= 0.3 is 0 Å². The third-order valence-corrected chi connectivity index (χ3v) is 3.50. The van der Waals surface area contributed by atoms with Crippen molar-refractivity contribution in [1.29, 1.82) is 0 Å². The number of rotatable bonds is 5. The fourth-order valence-electron chi connectivity index (χ4n) is 1.52. The van der Waals surface area contributed by atoms with Gasteiger partial charge in [-0.15, -0.1) is 11.3 Å². The van der Waals surface area contributed by atoms with Gasteiger partial charge in [-0.25, -0.2) is 0 Å². The minimum Gasteiger partial charge on any atom is -0.149 e. The fraction of sp³-hybridized carbons (Fsp3) is 0.636. The second kappa shape index (κ2) is 5.82. The van der Waals surface area contributed by atoms with Gasteiger partial charge < -0.3 is 0 Å². The van der Waals surface area contributed by atoms with Crippen LogP contribution in [0.2, 0.25) is 0 Å². The quantitative estimate of drug-likeness (QED) is 0.685. The van der Waals surface area contributed by atoms with Crippen LogP contribution in [0.1, 0.15) is 31.6 Å². The number of hydrogen-bond acceptors (Lipinski definition) is 1. The molecule has 0 saturated heterocycles. The molecule has 2 atom stereocenters. The van der Waals surface area contributed by atoms with Gasteiger partial charge in [-0.1, -0.05) is 35.8 Å². The maximum Gasteiger partial charge on any atom is 0.0120 e. The van der Waals surface area contributed by atoms with Crippen molar-refractivity contribution >= 4 is 27.3 Å². The van der Waals surface area contributed by atoms with Crippen LogP contribution in [-0.2, 0) is 6.42 Å². The first-order valence-electron chi connectivity index (χ1n) is 4.85. The molecule has 13 heavy (non-hydrogen) atoms. The van der Waals surface area contributed by atoms with E-state index in [4.69, 9.17) is 0 Å². The van der Waals surface area contributed by atoms with Crippen LogP contribution < -0.4 is 0 Å². The van der Waals surface area contributed by atoms with Crippen LogP contribution in [0, 0.1) is 5.92 Å². The van der Waals surface area contributed by atoms with Crippen molar-refractivity contribution in [3.05, 3.63) is 22.4 Å². The molecule has 0 bridgehead atoms. The second-order valence-corrected chi connectivity index (χ2v) is 6.34. The van der Waals surface area contributed by atoms with Crippen molar-refractivity contribution in [3.63, 3.8) is 0 Å². The molecule has 0 nitrogen and oxygen atoms in total. The minimum absolute atomic E-state index is 0.658. The molecule has 0 saturated carbocycles. The van der Waals surface area contributed by atoms with E-state index in [1.54, 1.807) is 0 Å². The third-order valence-electron chi connectivity index (χ3n) is 2.19. The number of thiophene rings is 1. The van der Waals surface area contributed by atoms with Crippen LogP contribution >= 0.6 is 27.3 Å². The van der Waals surface area contributed by atoms with Crippen LogP contribution in [0.15, 0.2) is 17.5 Å². The van der Waals surface area contributed by atoms with Gasteiger partial charge in [-0.2, -0.15) is 0 Å². The van der Waals surface area contributed by atoms with E-state index in [9.17, 15) is 0 Å². The van der Waals surface area contributed by atoms with E-state index in [0.29, 0.717) is 4.83 Å². The number of alkyl halides is 1. The van der Waals surface area contributed by atoms with E-state index in [2.05, 4.69) is 47.3 Å². The Morgan fingerprint density at radius 1 is 1.46 bits per heavy atom. The van der Waals surface area contributed by atoms with Gasteiger partial charge in [0.05, 0.1) is 0 Å². The van der Waals surface area contributed by atoms with Crippen molar-refractivity contribution in [1.82, 2.24) is 0 Å². The van der Waals surface area contributed by atoms with Crippen LogP contribution in [0.3, 0.4) is 0 Å². The zero-order valence-electron chi connectivity index (χ0n) is 8.29. The molecule has 0 aliphatic carbocycles. The largest absolute Gasteiger partial charge is 0.149 e. The molecule has 0 aliphatic heterocycles. The Labute approximate surface area is 93.5 Å². The number of aryl methyl sites for hydroxylation is 1. The molecule has 0 amide bonds. The molecule has 74 valence electrons. The van der Waals surface area contributed by atoms with Crippen LogP contribution in [-0.4, -0.2) is 4.83 Å². The molecule has 1 rings (SSSR count). The fourth-order valence-corrected chi connectivity index (χ4v) is 2.88. The Hall–Kier alpha value is 0.180.